The van der Waals surface area contributed by atoms with Crippen LogP contribution in [0, 0.1) is 5.82 Å². The van der Waals surface area contributed by atoms with Crippen molar-refractivity contribution in [2.75, 3.05) is 6.61 Å². The lowest BCUT2D eigenvalue weighted by molar-refractivity contribution is 0.164. The van der Waals surface area contributed by atoms with Crippen LogP contribution in [0.2, 0.25) is 0 Å². The lowest BCUT2D eigenvalue weighted by atomic mass is 9.97. The molecular weight excluding hydrogens is 261 g/mol. The highest BCUT2D eigenvalue weighted by Gasteiger charge is 2.33. The number of hydrogen-bond donors (Lipinski definition) is 2. The van der Waals surface area contributed by atoms with Crippen LogP contribution < -0.4 is 5.32 Å². The number of rotatable bonds is 7. The number of halogens is 1. The highest BCUT2D eigenvalue weighted by molar-refractivity contribution is 8.00. The molecule has 1 aromatic carbocycles. The predicted molar refractivity (Wildman–Crippen MR) is 78.0 cm³/mol. The Hall–Kier alpha value is -0.580. The Bertz CT molecular complexity index is 424. The lowest BCUT2D eigenvalue weighted by Gasteiger charge is -2.31. The van der Waals surface area contributed by atoms with E-state index in [-0.39, 0.29) is 23.2 Å². The monoisotopic (exact) mass is 283 g/mol. The normalized spacial score (nSPS) is 20.0. The van der Waals surface area contributed by atoms with Gasteiger partial charge in [0.25, 0.3) is 0 Å². The van der Waals surface area contributed by atoms with E-state index in [4.69, 9.17) is 0 Å². The molecule has 2 nitrogen and oxygen atoms in total. The van der Waals surface area contributed by atoms with Gasteiger partial charge in [-0.1, -0.05) is 19.1 Å². The van der Waals surface area contributed by atoms with Gasteiger partial charge in [-0.15, -0.1) is 11.8 Å². The maximum absolute atomic E-state index is 13.6. The van der Waals surface area contributed by atoms with Crippen molar-refractivity contribution in [3.05, 3.63) is 30.1 Å². The first-order chi connectivity index (χ1) is 9.02. The number of hydrogen-bond acceptors (Lipinski definition) is 3. The Labute approximate surface area is 118 Å². The summed E-state index contributed by atoms with van der Waals surface area (Å²) in [6.07, 6.45) is 3.22. The van der Waals surface area contributed by atoms with Crippen LogP contribution in [0.1, 0.15) is 33.1 Å². The summed E-state index contributed by atoms with van der Waals surface area (Å²) in [7, 11) is 0. The third-order valence-electron chi connectivity index (χ3n) is 3.38. The Morgan fingerprint density at radius 1 is 1.47 bits per heavy atom. The number of thioether (sulfide) groups is 1. The summed E-state index contributed by atoms with van der Waals surface area (Å²) in [6, 6.07) is 7.41. The van der Waals surface area contributed by atoms with Gasteiger partial charge in [0, 0.05) is 21.7 Å². The maximum Gasteiger partial charge on any atom is 0.136 e. The van der Waals surface area contributed by atoms with Crippen molar-refractivity contribution >= 4 is 11.8 Å². The fourth-order valence-electron chi connectivity index (χ4n) is 2.32. The minimum atomic E-state index is -0.265. The molecule has 1 saturated carbocycles. The lowest BCUT2D eigenvalue weighted by Crippen LogP contribution is -2.48. The first kappa shape index (κ1) is 14.8. The van der Waals surface area contributed by atoms with Crippen LogP contribution in [0.15, 0.2) is 29.2 Å². The number of aliphatic hydroxyl groups excluding tert-OH is 1. The van der Waals surface area contributed by atoms with Crippen LogP contribution in [-0.4, -0.2) is 28.5 Å². The Kier molecular flexibility index (Phi) is 4.87. The molecule has 106 valence electrons. The quantitative estimate of drug-likeness (QED) is 0.754. The molecule has 2 unspecified atom stereocenters. The van der Waals surface area contributed by atoms with Gasteiger partial charge in [0.1, 0.15) is 5.82 Å². The average molecular weight is 283 g/mol. The SMILES string of the molecule is CC(CC(C)(CO)NC1CC1)Sc1ccccc1F. The van der Waals surface area contributed by atoms with E-state index in [0.717, 1.165) is 6.42 Å². The molecule has 1 fully saturated rings. The average Bonchev–Trinajstić information content (AvgIpc) is 3.15. The van der Waals surface area contributed by atoms with Gasteiger partial charge in [-0.2, -0.15) is 0 Å². The van der Waals surface area contributed by atoms with E-state index in [9.17, 15) is 9.50 Å². The molecule has 0 aliphatic heterocycles. The molecule has 1 aliphatic rings. The minimum absolute atomic E-state index is 0.117. The molecule has 1 aromatic rings. The van der Waals surface area contributed by atoms with Gasteiger partial charge >= 0.3 is 0 Å². The molecule has 0 saturated heterocycles. The summed E-state index contributed by atoms with van der Waals surface area (Å²) < 4.78 is 13.6. The van der Waals surface area contributed by atoms with Gasteiger partial charge in [0.05, 0.1) is 6.61 Å². The van der Waals surface area contributed by atoms with Crippen LogP contribution in [-0.2, 0) is 0 Å². The molecule has 1 aliphatic carbocycles. The van der Waals surface area contributed by atoms with Crippen LogP contribution in [0.3, 0.4) is 0 Å². The highest BCUT2D eigenvalue weighted by atomic mass is 32.2. The first-order valence-corrected chi connectivity index (χ1v) is 7.70. The van der Waals surface area contributed by atoms with Crippen molar-refractivity contribution in [2.45, 2.75) is 54.8 Å². The third kappa shape index (κ3) is 4.48. The zero-order valence-corrected chi connectivity index (χ0v) is 12.3. The van der Waals surface area contributed by atoms with Crippen LogP contribution in [0.4, 0.5) is 4.39 Å². The fraction of sp³-hybridized carbons (Fsp3) is 0.600. The van der Waals surface area contributed by atoms with Crippen molar-refractivity contribution in [2.24, 2.45) is 0 Å². The van der Waals surface area contributed by atoms with Gasteiger partial charge in [0.15, 0.2) is 0 Å². The second-order valence-electron chi connectivity index (χ2n) is 5.70. The van der Waals surface area contributed by atoms with E-state index >= 15 is 0 Å². The van der Waals surface area contributed by atoms with Gasteiger partial charge in [-0.05, 0) is 38.3 Å². The molecule has 4 heteroatoms. The first-order valence-electron chi connectivity index (χ1n) is 6.82. The van der Waals surface area contributed by atoms with E-state index in [2.05, 4.69) is 12.2 Å². The summed E-state index contributed by atoms with van der Waals surface area (Å²) in [5, 5.41) is 13.3. The van der Waals surface area contributed by atoms with E-state index in [1.807, 2.05) is 13.0 Å². The van der Waals surface area contributed by atoms with Gasteiger partial charge < -0.3 is 10.4 Å². The molecule has 0 spiro atoms. The predicted octanol–water partition coefficient (Wildman–Crippen LogP) is 3.20. The van der Waals surface area contributed by atoms with E-state index in [1.54, 1.807) is 12.1 Å². The van der Waals surface area contributed by atoms with Crippen molar-refractivity contribution in [3.8, 4) is 0 Å². The van der Waals surface area contributed by atoms with Crippen molar-refractivity contribution < 1.29 is 9.50 Å². The summed E-state index contributed by atoms with van der Waals surface area (Å²) in [5.41, 5.74) is -0.265. The Morgan fingerprint density at radius 2 is 2.16 bits per heavy atom. The number of nitrogens with one attached hydrogen (secondary N) is 1. The second kappa shape index (κ2) is 6.25. The van der Waals surface area contributed by atoms with Crippen LogP contribution in [0.25, 0.3) is 0 Å². The Balaban J connectivity index is 1.92. The molecule has 0 radical (unpaired) electrons. The van der Waals surface area contributed by atoms with Crippen molar-refractivity contribution in [3.63, 3.8) is 0 Å². The van der Waals surface area contributed by atoms with Gasteiger partial charge in [-0.25, -0.2) is 4.39 Å². The molecule has 0 bridgehead atoms. The third-order valence-corrected chi connectivity index (χ3v) is 4.54. The molecular formula is C15H22FNOS. The number of benzene rings is 1. The van der Waals surface area contributed by atoms with Gasteiger partial charge in [0.2, 0.25) is 0 Å². The zero-order chi connectivity index (χ0) is 13.9. The van der Waals surface area contributed by atoms with Crippen LogP contribution >= 0.6 is 11.8 Å². The molecule has 0 heterocycles. The Morgan fingerprint density at radius 3 is 2.74 bits per heavy atom. The highest BCUT2D eigenvalue weighted by Crippen LogP contribution is 2.32. The zero-order valence-electron chi connectivity index (χ0n) is 11.5. The number of aliphatic hydroxyl groups is 1. The van der Waals surface area contributed by atoms with Gasteiger partial charge in [-0.3, -0.25) is 0 Å². The van der Waals surface area contributed by atoms with Crippen LogP contribution in [0.5, 0.6) is 0 Å². The molecule has 0 aromatic heterocycles. The van der Waals surface area contributed by atoms with E-state index < -0.39 is 0 Å². The van der Waals surface area contributed by atoms with Crippen molar-refractivity contribution in [1.82, 2.24) is 5.32 Å². The molecule has 2 N–H and O–H groups in total. The van der Waals surface area contributed by atoms with E-state index in [1.165, 1.54) is 30.7 Å². The van der Waals surface area contributed by atoms with Crippen molar-refractivity contribution in [1.29, 1.82) is 0 Å². The summed E-state index contributed by atoms with van der Waals surface area (Å²) >= 11 is 1.53. The molecule has 0 amide bonds. The standard InChI is InChI=1S/C15H22FNOS/c1-11(19-14-6-4-3-5-13(14)16)9-15(2,10-18)17-12-7-8-12/h3-6,11-12,17-18H,7-10H2,1-2H3. The maximum atomic E-state index is 13.6. The summed E-state index contributed by atoms with van der Waals surface area (Å²) in [4.78, 5) is 0.682. The summed E-state index contributed by atoms with van der Waals surface area (Å²) in [6.45, 7) is 4.25. The molecule has 19 heavy (non-hydrogen) atoms. The minimum Gasteiger partial charge on any atom is -0.394 e. The van der Waals surface area contributed by atoms with E-state index in [0.29, 0.717) is 10.9 Å². The fourth-order valence-corrected chi connectivity index (χ4v) is 3.55. The topological polar surface area (TPSA) is 32.3 Å². The smallest absolute Gasteiger partial charge is 0.136 e. The second-order valence-corrected chi connectivity index (χ2v) is 7.18. The largest absolute Gasteiger partial charge is 0.394 e. The summed E-state index contributed by atoms with van der Waals surface area (Å²) in [5.74, 6) is -0.166. The molecule has 2 atom stereocenters. The molecule has 2 rings (SSSR count).